The predicted octanol–water partition coefficient (Wildman–Crippen LogP) is 0.556. The van der Waals surface area contributed by atoms with Crippen molar-refractivity contribution in [1.29, 1.82) is 0 Å². The number of sulfonamides is 1. The maximum Gasteiger partial charge on any atom is 0.322 e. The van der Waals surface area contributed by atoms with Crippen molar-refractivity contribution < 1.29 is 27.8 Å². The van der Waals surface area contributed by atoms with Crippen LogP contribution in [0.4, 0.5) is 0 Å². The molecule has 1 aromatic carbocycles. The lowest BCUT2D eigenvalue weighted by Gasteiger charge is -2.15. The second-order valence-electron chi connectivity index (χ2n) is 5.93. The van der Waals surface area contributed by atoms with E-state index in [1.54, 1.807) is 25.2 Å². The van der Waals surface area contributed by atoms with Crippen molar-refractivity contribution in [3.63, 3.8) is 0 Å². The highest BCUT2D eigenvalue weighted by Gasteiger charge is 2.27. The molecule has 1 aliphatic heterocycles. The van der Waals surface area contributed by atoms with Crippen LogP contribution in [0, 0.1) is 0 Å². The van der Waals surface area contributed by atoms with Crippen LogP contribution in [0.1, 0.15) is 12.0 Å². The van der Waals surface area contributed by atoms with Crippen molar-refractivity contribution in [2.45, 2.75) is 23.9 Å². The number of hydrogen-bond donors (Lipinski definition) is 2. The molecule has 2 N–H and O–H groups in total. The third-order valence-corrected chi connectivity index (χ3v) is 5.16. The SMILES string of the molecule is Cn1cnc(S(=O)(=O)NC(Cc2ccc3c(c2)OCCCO3)C(=O)O)c1. The summed E-state index contributed by atoms with van der Waals surface area (Å²) in [5.41, 5.74) is 0.616. The molecule has 0 saturated carbocycles. The first-order valence-corrected chi connectivity index (χ1v) is 9.45. The van der Waals surface area contributed by atoms with E-state index in [1.807, 2.05) is 0 Å². The molecule has 9 nitrogen and oxygen atoms in total. The summed E-state index contributed by atoms with van der Waals surface area (Å²) in [7, 11) is -2.42. The molecule has 1 aromatic heterocycles. The van der Waals surface area contributed by atoms with Crippen LogP contribution >= 0.6 is 0 Å². The van der Waals surface area contributed by atoms with Crippen molar-refractivity contribution in [3.8, 4) is 11.5 Å². The summed E-state index contributed by atoms with van der Waals surface area (Å²) in [6, 6.07) is 3.72. The third kappa shape index (κ3) is 4.14. The van der Waals surface area contributed by atoms with Crippen LogP contribution in [0.15, 0.2) is 35.7 Å². The number of aryl methyl sites for hydroxylation is 1. The summed E-state index contributed by atoms with van der Waals surface area (Å²) >= 11 is 0. The minimum atomic E-state index is -4.05. The predicted molar refractivity (Wildman–Crippen MR) is 90.7 cm³/mol. The lowest BCUT2D eigenvalue weighted by Crippen LogP contribution is -2.42. The second kappa shape index (κ2) is 7.34. The van der Waals surface area contributed by atoms with E-state index in [2.05, 4.69) is 9.71 Å². The van der Waals surface area contributed by atoms with Gasteiger partial charge in [-0.15, -0.1) is 0 Å². The number of aliphatic carboxylic acids is 1. The van der Waals surface area contributed by atoms with Crippen LogP contribution in [0.25, 0.3) is 0 Å². The van der Waals surface area contributed by atoms with E-state index in [4.69, 9.17) is 9.47 Å². The summed E-state index contributed by atoms with van der Waals surface area (Å²) in [6.07, 6.45) is 3.34. The number of benzene rings is 1. The fraction of sp³-hybridized carbons (Fsp3) is 0.375. The molecule has 0 spiro atoms. The Bertz CT molecular complexity index is 908. The van der Waals surface area contributed by atoms with E-state index in [0.29, 0.717) is 30.3 Å². The normalized spacial score (nSPS) is 15.3. The Balaban J connectivity index is 1.79. The largest absolute Gasteiger partial charge is 0.490 e. The molecule has 2 aromatic rings. The summed E-state index contributed by atoms with van der Waals surface area (Å²) in [4.78, 5) is 15.3. The van der Waals surface area contributed by atoms with Gasteiger partial charge in [-0.1, -0.05) is 6.07 Å². The standard InChI is InChI=1S/C16H19N3O6S/c1-19-9-15(17-10-19)26(22,23)18-12(16(20)21)7-11-3-4-13-14(8-11)25-6-2-5-24-13/h3-4,8-10,12,18H,2,5-7H2,1H3,(H,20,21). The smallest absolute Gasteiger partial charge is 0.322 e. The van der Waals surface area contributed by atoms with Gasteiger partial charge in [-0.05, 0) is 24.1 Å². The fourth-order valence-electron chi connectivity index (χ4n) is 2.53. The molecule has 0 saturated heterocycles. The summed E-state index contributed by atoms with van der Waals surface area (Å²) in [6.45, 7) is 1.05. The van der Waals surface area contributed by atoms with Gasteiger partial charge in [-0.25, -0.2) is 13.4 Å². The van der Waals surface area contributed by atoms with Crippen LogP contribution in [0.2, 0.25) is 0 Å². The van der Waals surface area contributed by atoms with Gasteiger partial charge in [-0.2, -0.15) is 4.72 Å². The Kier molecular flexibility index (Phi) is 5.14. The first-order valence-electron chi connectivity index (χ1n) is 7.97. The average molecular weight is 381 g/mol. The van der Waals surface area contributed by atoms with Crippen molar-refractivity contribution in [1.82, 2.24) is 14.3 Å². The van der Waals surface area contributed by atoms with Gasteiger partial charge in [0, 0.05) is 19.7 Å². The Morgan fingerprint density at radius 2 is 2.08 bits per heavy atom. The maximum atomic E-state index is 12.3. The van der Waals surface area contributed by atoms with Gasteiger partial charge in [0.05, 0.1) is 19.5 Å². The Hall–Kier alpha value is -2.59. The van der Waals surface area contributed by atoms with Crippen LogP contribution in [-0.4, -0.2) is 48.3 Å². The van der Waals surface area contributed by atoms with Gasteiger partial charge < -0.3 is 19.1 Å². The van der Waals surface area contributed by atoms with Crippen molar-refractivity contribution in [3.05, 3.63) is 36.3 Å². The van der Waals surface area contributed by atoms with Crippen LogP contribution < -0.4 is 14.2 Å². The fourth-order valence-corrected chi connectivity index (χ4v) is 3.70. The second-order valence-corrected chi connectivity index (χ2v) is 7.59. The monoisotopic (exact) mass is 381 g/mol. The molecular formula is C16H19N3O6S. The number of rotatable bonds is 6. The quantitative estimate of drug-likeness (QED) is 0.750. The average Bonchev–Trinajstić information content (AvgIpc) is 2.89. The summed E-state index contributed by atoms with van der Waals surface area (Å²) < 4.78 is 39.4. The lowest BCUT2D eigenvalue weighted by atomic mass is 10.1. The number of ether oxygens (including phenoxy) is 2. The van der Waals surface area contributed by atoms with Gasteiger partial charge in [-0.3, -0.25) is 4.79 Å². The van der Waals surface area contributed by atoms with E-state index in [0.717, 1.165) is 6.42 Å². The molecule has 1 aliphatic rings. The number of carboxylic acid groups (broad SMARTS) is 1. The first-order chi connectivity index (χ1) is 12.3. The highest BCUT2D eigenvalue weighted by Crippen LogP contribution is 2.30. The van der Waals surface area contributed by atoms with Gasteiger partial charge in [0.2, 0.25) is 0 Å². The van der Waals surface area contributed by atoms with Crippen LogP contribution in [-0.2, 0) is 28.3 Å². The van der Waals surface area contributed by atoms with Gasteiger partial charge in [0.25, 0.3) is 10.0 Å². The highest BCUT2D eigenvalue weighted by molar-refractivity contribution is 7.89. The Morgan fingerprint density at radius 1 is 1.35 bits per heavy atom. The van der Waals surface area contributed by atoms with Crippen molar-refractivity contribution in [2.24, 2.45) is 7.05 Å². The molecule has 2 heterocycles. The number of carbonyl (C=O) groups is 1. The summed E-state index contributed by atoms with van der Waals surface area (Å²) in [5.74, 6) is -0.166. The Morgan fingerprint density at radius 3 is 2.73 bits per heavy atom. The van der Waals surface area contributed by atoms with Gasteiger partial charge >= 0.3 is 5.97 Å². The number of nitrogens with zero attached hydrogens (tertiary/aromatic N) is 2. The van der Waals surface area contributed by atoms with E-state index < -0.39 is 22.0 Å². The highest BCUT2D eigenvalue weighted by atomic mass is 32.2. The zero-order chi connectivity index (χ0) is 18.7. The molecule has 0 radical (unpaired) electrons. The Labute approximate surface area is 150 Å². The molecule has 1 unspecified atom stereocenters. The molecule has 0 bridgehead atoms. The number of fused-ring (bicyclic) bond motifs is 1. The van der Waals surface area contributed by atoms with Gasteiger partial charge in [0.15, 0.2) is 16.5 Å². The number of hydrogen-bond acceptors (Lipinski definition) is 6. The molecule has 1 atom stereocenters. The molecule has 26 heavy (non-hydrogen) atoms. The molecule has 3 rings (SSSR count). The lowest BCUT2D eigenvalue weighted by molar-refractivity contribution is -0.138. The van der Waals surface area contributed by atoms with E-state index >= 15 is 0 Å². The molecule has 10 heteroatoms. The molecule has 140 valence electrons. The van der Waals surface area contributed by atoms with Gasteiger partial charge in [0.1, 0.15) is 6.04 Å². The zero-order valence-corrected chi connectivity index (χ0v) is 14.9. The van der Waals surface area contributed by atoms with Crippen LogP contribution in [0.5, 0.6) is 11.5 Å². The van der Waals surface area contributed by atoms with Crippen molar-refractivity contribution >= 4 is 16.0 Å². The minimum absolute atomic E-state index is 0.0436. The molecule has 0 fully saturated rings. The molecule has 0 amide bonds. The van der Waals surface area contributed by atoms with Crippen LogP contribution in [0.3, 0.4) is 0 Å². The first kappa shape index (κ1) is 18.2. The number of imidazole rings is 1. The number of nitrogens with one attached hydrogen (secondary N) is 1. The molecule has 0 aliphatic carbocycles. The van der Waals surface area contributed by atoms with E-state index in [-0.39, 0.29) is 11.4 Å². The summed E-state index contributed by atoms with van der Waals surface area (Å²) in [5, 5.41) is 9.19. The number of aromatic nitrogens is 2. The van der Waals surface area contributed by atoms with E-state index in [9.17, 15) is 18.3 Å². The van der Waals surface area contributed by atoms with E-state index in [1.165, 1.54) is 17.1 Å². The topological polar surface area (TPSA) is 120 Å². The maximum absolute atomic E-state index is 12.3. The van der Waals surface area contributed by atoms with Crippen molar-refractivity contribution in [2.75, 3.05) is 13.2 Å². The molecular weight excluding hydrogens is 362 g/mol. The number of carboxylic acids is 1. The third-order valence-electron chi connectivity index (χ3n) is 3.80. The zero-order valence-electron chi connectivity index (χ0n) is 14.1. The minimum Gasteiger partial charge on any atom is -0.490 e.